The molecule has 0 aliphatic heterocycles. The average molecular weight is 248 g/mol. The maximum Gasteiger partial charge on any atom is 0.271 e. The fourth-order valence-corrected chi connectivity index (χ4v) is 1.99. The largest absolute Gasteiger partial charge is 0.508 e. The first kappa shape index (κ1) is 11.6. The number of hydrogen-bond donors (Lipinski definition) is 2. The van der Waals surface area contributed by atoms with Gasteiger partial charge < -0.3 is 10.4 Å². The van der Waals surface area contributed by atoms with E-state index in [-0.39, 0.29) is 11.7 Å². The van der Waals surface area contributed by atoms with E-state index >= 15 is 0 Å². The van der Waals surface area contributed by atoms with Gasteiger partial charge in [0.1, 0.15) is 11.4 Å². The van der Waals surface area contributed by atoms with E-state index < -0.39 is 0 Å². The molecule has 0 saturated heterocycles. The number of carbonyl (C=O) groups is 1. The van der Waals surface area contributed by atoms with Gasteiger partial charge in [0.25, 0.3) is 5.91 Å². The normalized spacial score (nSPS) is 10.2. The predicted molar refractivity (Wildman–Crippen MR) is 66.1 cm³/mol. The number of nitrogens with zero attached hydrogens (tertiary/aromatic N) is 1. The van der Waals surface area contributed by atoms with Crippen LogP contribution in [0.5, 0.6) is 5.75 Å². The molecule has 0 spiro atoms. The average Bonchev–Trinajstić information content (AvgIpc) is 2.74. The van der Waals surface area contributed by atoms with E-state index in [2.05, 4.69) is 10.3 Å². The lowest BCUT2D eigenvalue weighted by atomic mass is 10.2. The van der Waals surface area contributed by atoms with Gasteiger partial charge in [0.15, 0.2) is 0 Å². The predicted octanol–water partition coefficient (Wildman–Crippen LogP) is 2.09. The number of aryl methyl sites for hydroxylation is 1. The van der Waals surface area contributed by atoms with Crippen molar-refractivity contribution < 1.29 is 9.90 Å². The van der Waals surface area contributed by atoms with Crippen LogP contribution in [-0.4, -0.2) is 16.0 Å². The number of thiazole rings is 1. The number of aromatic hydroxyl groups is 1. The van der Waals surface area contributed by atoms with E-state index in [9.17, 15) is 9.90 Å². The van der Waals surface area contributed by atoms with Crippen LogP contribution in [0.1, 0.15) is 21.1 Å². The first-order valence-corrected chi connectivity index (χ1v) is 6.02. The van der Waals surface area contributed by atoms with Crippen LogP contribution in [0.3, 0.4) is 0 Å². The molecule has 1 aromatic carbocycles. The van der Waals surface area contributed by atoms with Crippen molar-refractivity contribution in [1.29, 1.82) is 0 Å². The van der Waals surface area contributed by atoms with Crippen molar-refractivity contribution in [3.05, 3.63) is 45.9 Å². The molecule has 0 saturated carbocycles. The summed E-state index contributed by atoms with van der Waals surface area (Å²) in [6.07, 6.45) is 0. The zero-order valence-corrected chi connectivity index (χ0v) is 10.1. The van der Waals surface area contributed by atoms with Crippen molar-refractivity contribution in [2.75, 3.05) is 0 Å². The summed E-state index contributed by atoms with van der Waals surface area (Å²) in [7, 11) is 0. The van der Waals surface area contributed by atoms with E-state index in [4.69, 9.17) is 0 Å². The highest BCUT2D eigenvalue weighted by Gasteiger charge is 2.09. The third-order valence-corrected chi connectivity index (χ3v) is 3.06. The number of phenolic OH excluding ortho intramolecular Hbond substituents is 1. The molecule has 2 aromatic rings. The van der Waals surface area contributed by atoms with Crippen LogP contribution in [0.4, 0.5) is 0 Å². The molecule has 4 nitrogen and oxygen atoms in total. The van der Waals surface area contributed by atoms with Gasteiger partial charge in [0.2, 0.25) is 0 Å². The van der Waals surface area contributed by atoms with E-state index in [1.54, 1.807) is 23.6 Å². The minimum absolute atomic E-state index is 0.183. The Morgan fingerprint density at radius 1 is 1.47 bits per heavy atom. The summed E-state index contributed by atoms with van der Waals surface area (Å²) in [5.41, 5.74) is 1.11. The highest BCUT2D eigenvalue weighted by atomic mass is 32.1. The van der Waals surface area contributed by atoms with Crippen LogP contribution in [0.15, 0.2) is 29.6 Å². The van der Waals surface area contributed by atoms with Crippen LogP contribution in [-0.2, 0) is 6.54 Å². The number of rotatable bonds is 3. The van der Waals surface area contributed by atoms with Crippen molar-refractivity contribution in [2.24, 2.45) is 0 Å². The molecule has 0 unspecified atom stereocenters. The molecule has 17 heavy (non-hydrogen) atoms. The summed E-state index contributed by atoms with van der Waals surface area (Å²) in [4.78, 5) is 15.8. The monoisotopic (exact) mass is 248 g/mol. The Morgan fingerprint density at radius 2 is 2.24 bits per heavy atom. The van der Waals surface area contributed by atoms with Gasteiger partial charge in [-0.25, -0.2) is 4.98 Å². The lowest BCUT2D eigenvalue weighted by Crippen LogP contribution is -2.23. The molecule has 0 fully saturated rings. The number of carbonyl (C=O) groups excluding carboxylic acids is 1. The Kier molecular flexibility index (Phi) is 3.39. The highest BCUT2D eigenvalue weighted by Crippen LogP contribution is 2.15. The molecule has 0 atom stereocenters. The molecule has 1 amide bonds. The van der Waals surface area contributed by atoms with E-state index in [0.717, 1.165) is 5.01 Å². The summed E-state index contributed by atoms with van der Waals surface area (Å²) >= 11 is 1.44. The number of phenols is 1. The fourth-order valence-electron chi connectivity index (χ4n) is 1.39. The fraction of sp³-hybridized carbons (Fsp3) is 0.167. The number of nitrogens with one attached hydrogen (secondary N) is 1. The first-order valence-electron chi connectivity index (χ1n) is 5.14. The standard InChI is InChI=1S/C12H12N2O2S/c1-8-14-10(7-17-8)12(16)13-6-9-4-2-3-5-11(9)15/h2-5,7,15H,6H2,1H3,(H,13,16). The summed E-state index contributed by atoms with van der Waals surface area (Å²) in [5, 5.41) is 14.8. The second-order valence-corrected chi connectivity index (χ2v) is 4.63. The summed E-state index contributed by atoms with van der Waals surface area (Å²) in [6, 6.07) is 6.91. The zero-order valence-electron chi connectivity index (χ0n) is 9.30. The molecule has 5 heteroatoms. The minimum Gasteiger partial charge on any atom is -0.508 e. The molecule has 1 aromatic heterocycles. The quantitative estimate of drug-likeness (QED) is 0.874. The van der Waals surface area contributed by atoms with Crippen molar-refractivity contribution in [2.45, 2.75) is 13.5 Å². The van der Waals surface area contributed by atoms with E-state index in [0.29, 0.717) is 17.8 Å². The second kappa shape index (κ2) is 4.97. The zero-order chi connectivity index (χ0) is 12.3. The van der Waals surface area contributed by atoms with Crippen LogP contribution >= 0.6 is 11.3 Å². The van der Waals surface area contributed by atoms with E-state index in [1.165, 1.54) is 11.3 Å². The lowest BCUT2D eigenvalue weighted by molar-refractivity contribution is 0.0946. The summed E-state index contributed by atoms with van der Waals surface area (Å²) in [5.74, 6) is -0.0418. The Balaban J connectivity index is 1.99. The first-order chi connectivity index (χ1) is 8.16. The Hall–Kier alpha value is -1.88. The molecule has 0 bridgehead atoms. The molecule has 0 aliphatic rings. The number of amides is 1. The van der Waals surface area contributed by atoms with Crippen molar-refractivity contribution >= 4 is 17.2 Å². The smallest absolute Gasteiger partial charge is 0.271 e. The van der Waals surface area contributed by atoms with Crippen LogP contribution in [0.25, 0.3) is 0 Å². The number of para-hydroxylation sites is 1. The third-order valence-electron chi connectivity index (χ3n) is 2.28. The van der Waals surface area contributed by atoms with Gasteiger partial charge >= 0.3 is 0 Å². The molecule has 88 valence electrons. The van der Waals surface area contributed by atoms with Crippen molar-refractivity contribution in [3.8, 4) is 5.75 Å². The second-order valence-electron chi connectivity index (χ2n) is 3.56. The van der Waals surface area contributed by atoms with Crippen molar-refractivity contribution in [1.82, 2.24) is 10.3 Å². The van der Waals surface area contributed by atoms with Gasteiger partial charge in [0, 0.05) is 17.5 Å². The number of aromatic nitrogens is 1. The minimum atomic E-state index is -0.224. The van der Waals surface area contributed by atoms with Gasteiger partial charge in [-0.05, 0) is 13.0 Å². The van der Waals surface area contributed by atoms with Gasteiger partial charge in [-0.2, -0.15) is 0 Å². The number of benzene rings is 1. The van der Waals surface area contributed by atoms with Gasteiger partial charge in [-0.1, -0.05) is 18.2 Å². The molecule has 1 heterocycles. The Bertz CT molecular complexity index is 537. The van der Waals surface area contributed by atoms with Gasteiger partial charge in [0.05, 0.1) is 5.01 Å². The Morgan fingerprint density at radius 3 is 2.88 bits per heavy atom. The van der Waals surface area contributed by atoms with Crippen LogP contribution in [0, 0.1) is 6.92 Å². The summed E-state index contributed by atoms with van der Waals surface area (Å²) < 4.78 is 0. The van der Waals surface area contributed by atoms with E-state index in [1.807, 2.05) is 13.0 Å². The van der Waals surface area contributed by atoms with Crippen LogP contribution < -0.4 is 5.32 Å². The maximum absolute atomic E-state index is 11.7. The Labute approximate surface area is 103 Å². The van der Waals surface area contributed by atoms with Gasteiger partial charge in [-0.3, -0.25) is 4.79 Å². The van der Waals surface area contributed by atoms with Crippen LogP contribution in [0.2, 0.25) is 0 Å². The highest BCUT2D eigenvalue weighted by molar-refractivity contribution is 7.09. The molecule has 0 aliphatic carbocycles. The molecular formula is C12H12N2O2S. The molecule has 2 N–H and O–H groups in total. The molecule has 0 radical (unpaired) electrons. The SMILES string of the molecule is Cc1nc(C(=O)NCc2ccccc2O)cs1. The topological polar surface area (TPSA) is 62.2 Å². The third kappa shape index (κ3) is 2.82. The van der Waals surface area contributed by atoms with Crippen molar-refractivity contribution in [3.63, 3.8) is 0 Å². The van der Waals surface area contributed by atoms with Gasteiger partial charge in [-0.15, -0.1) is 11.3 Å². The maximum atomic E-state index is 11.7. The summed E-state index contributed by atoms with van der Waals surface area (Å²) in [6.45, 7) is 2.15. The molecular weight excluding hydrogens is 236 g/mol. The lowest BCUT2D eigenvalue weighted by Gasteiger charge is -2.05. The molecule has 2 rings (SSSR count). The number of hydrogen-bond acceptors (Lipinski definition) is 4.